The van der Waals surface area contributed by atoms with E-state index in [1.165, 1.54) is 16.8 Å². The third-order valence-electron chi connectivity index (χ3n) is 3.84. The Morgan fingerprint density at radius 1 is 1.43 bits per heavy atom. The standard InChI is InChI=1S/C15H16F2N4O.ClH/c16-9-4-5-14(11(17)6-9)21-13-3-1-2-12(10(13)8-19-21)20-15(22)7-18;/h4-6,8,12H,1-3,7,18H2,(H,20,22);1H. The predicted molar refractivity (Wildman–Crippen MR) is 83.6 cm³/mol. The molecule has 2 aromatic rings. The van der Waals surface area contributed by atoms with Gasteiger partial charge >= 0.3 is 0 Å². The second kappa shape index (κ2) is 7.06. The summed E-state index contributed by atoms with van der Waals surface area (Å²) >= 11 is 0. The number of hydrogen-bond donors (Lipinski definition) is 2. The fourth-order valence-corrected chi connectivity index (χ4v) is 2.82. The summed E-state index contributed by atoms with van der Waals surface area (Å²) in [7, 11) is 0. The van der Waals surface area contributed by atoms with Crippen LogP contribution in [0, 0.1) is 11.6 Å². The van der Waals surface area contributed by atoms with Crippen molar-refractivity contribution in [2.45, 2.75) is 25.3 Å². The Morgan fingerprint density at radius 3 is 2.91 bits per heavy atom. The molecule has 3 N–H and O–H groups in total. The van der Waals surface area contributed by atoms with Crippen LogP contribution < -0.4 is 11.1 Å². The van der Waals surface area contributed by atoms with E-state index in [2.05, 4.69) is 10.4 Å². The van der Waals surface area contributed by atoms with E-state index in [0.717, 1.165) is 36.6 Å². The Morgan fingerprint density at radius 2 is 2.22 bits per heavy atom. The maximum Gasteiger partial charge on any atom is 0.234 e. The lowest BCUT2D eigenvalue weighted by molar-refractivity contribution is -0.120. The van der Waals surface area contributed by atoms with Gasteiger partial charge in [0.25, 0.3) is 0 Å². The molecule has 0 aliphatic heterocycles. The number of benzene rings is 1. The molecule has 0 radical (unpaired) electrons. The topological polar surface area (TPSA) is 72.9 Å². The molecule has 5 nitrogen and oxygen atoms in total. The number of aromatic nitrogens is 2. The van der Waals surface area contributed by atoms with Crippen LogP contribution in [0.3, 0.4) is 0 Å². The summed E-state index contributed by atoms with van der Waals surface area (Å²) in [5.74, 6) is -1.53. The summed E-state index contributed by atoms with van der Waals surface area (Å²) in [6, 6.07) is 3.22. The van der Waals surface area contributed by atoms with Gasteiger partial charge in [0.05, 0.1) is 18.8 Å². The summed E-state index contributed by atoms with van der Waals surface area (Å²) in [5.41, 5.74) is 7.21. The first-order valence-electron chi connectivity index (χ1n) is 7.12. The zero-order valence-corrected chi connectivity index (χ0v) is 13.1. The first kappa shape index (κ1) is 17.4. The Kier molecular flexibility index (Phi) is 5.33. The number of fused-ring (bicyclic) bond motifs is 1. The van der Waals surface area contributed by atoms with Gasteiger partial charge in [0.15, 0.2) is 5.82 Å². The number of rotatable bonds is 3. The lowest BCUT2D eigenvalue weighted by atomic mass is 9.93. The van der Waals surface area contributed by atoms with Gasteiger partial charge < -0.3 is 11.1 Å². The molecule has 0 fully saturated rings. The predicted octanol–water partition coefficient (Wildman–Crippen LogP) is 2.02. The summed E-state index contributed by atoms with van der Waals surface area (Å²) in [5, 5.41) is 7.06. The van der Waals surface area contributed by atoms with Gasteiger partial charge in [0.1, 0.15) is 11.5 Å². The fraction of sp³-hybridized carbons (Fsp3) is 0.333. The maximum absolute atomic E-state index is 14.0. The van der Waals surface area contributed by atoms with E-state index < -0.39 is 11.6 Å². The van der Waals surface area contributed by atoms with Crippen molar-refractivity contribution in [3.05, 3.63) is 47.3 Å². The van der Waals surface area contributed by atoms with Crippen molar-refractivity contribution in [1.29, 1.82) is 0 Å². The van der Waals surface area contributed by atoms with E-state index in [0.29, 0.717) is 0 Å². The Balaban J connectivity index is 0.00000192. The van der Waals surface area contributed by atoms with Gasteiger partial charge in [-0.2, -0.15) is 5.10 Å². The normalized spacial score (nSPS) is 16.4. The van der Waals surface area contributed by atoms with Gasteiger partial charge in [-0.3, -0.25) is 4.79 Å². The van der Waals surface area contributed by atoms with Crippen LogP contribution in [0.5, 0.6) is 0 Å². The van der Waals surface area contributed by atoms with E-state index >= 15 is 0 Å². The van der Waals surface area contributed by atoms with Gasteiger partial charge in [0, 0.05) is 17.3 Å². The van der Waals surface area contributed by atoms with Gasteiger partial charge in [-0.15, -0.1) is 12.4 Å². The average Bonchev–Trinajstić information content (AvgIpc) is 2.92. The van der Waals surface area contributed by atoms with Crippen LogP contribution in [0.1, 0.15) is 30.1 Å². The average molecular weight is 343 g/mol. The number of nitrogens with two attached hydrogens (primary N) is 1. The highest BCUT2D eigenvalue weighted by atomic mass is 35.5. The molecule has 0 spiro atoms. The molecule has 0 saturated carbocycles. The summed E-state index contributed by atoms with van der Waals surface area (Å²) in [4.78, 5) is 11.5. The molecular formula is C15H17ClF2N4O. The van der Waals surface area contributed by atoms with Crippen molar-refractivity contribution in [2.24, 2.45) is 5.73 Å². The molecule has 1 aliphatic rings. The SMILES string of the molecule is Cl.NCC(=O)NC1CCCc2c1cnn2-c1ccc(F)cc1F. The van der Waals surface area contributed by atoms with E-state index in [1.807, 2.05) is 0 Å². The van der Waals surface area contributed by atoms with Crippen molar-refractivity contribution in [3.8, 4) is 5.69 Å². The van der Waals surface area contributed by atoms with Crippen LogP contribution in [0.25, 0.3) is 5.69 Å². The summed E-state index contributed by atoms with van der Waals surface area (Å²) < 4.78 is 28.5. The maximum atomic E-state index is 14.0. The number of carbonyl (C=O) groups is 1. The molecule has 1 atom stereocenters. The smallest absolute Gasteiger partial charge is 0.234 e. The van der Waals surface area contributed by atoms with E-state index in [1.54, 1.807) is 6.20 Å². The number of carbonyl (C=O) groups excluding carboxylic acids is 1. The third kappa shape index (κ3) is 3.35. The third-order valence-corrected chi connectivity index (χ3v) is 3.84. The van der Waals surface area contributed by atoms with Crippen molar-refractivity contribution < 1.29 is 13.6 Å². The van der Waals surface area contributed by atoms with Gasteiger partial charge in [-0.25, -0.2) is 13.5 Å². The van der Waals surface area contributed by atoms with Crippen LogP contribution in [0.4, 0.5) is 8.78 Å². The van der Waals surface area contributed by atoms with Crippen molar-refractivity contribution in [1.82, 2.24) is 15.1 Å². The molecule has 1 amide bonds. The van der Waals surface area contributed by atoms with E-state index in [9.17, 15) is 13.6 Å². The number of nitrogens with zero attached hydrogens (tertiary/aromatic N) is 2. The van der Waals surface area contributed by atoms with Crippen LogP contribution in [0.15, 0.2) is 24.4 Å². The van der Waals surface area contributed by atoms with Crippen LogP contribution in [0.2, 0.25) is 0 Å². The minimum atomic E-state index is -0.668. The van der Waals surface area contributed by atoms with Gasteiger partial charge in [-0.1, -0.05) is 0 Å². The highest BCUT2D eigenvalue weighted by molar-refractivity contribution is 5.85. The summed E-state index contributed by atoms with van der Waals surface area (Å²) in [6.45, 7) is -0.0768. The molecular weight excluding hydrogens is 326 g/mol. The van der Waals surface area contributed by atoms with E-state index in [4.69, 9.17) is 5.73 Å². The van der Waals surface area contributed by atoms with Crippen LogP contribution >= 0.6 is 12.4 Å². The van der Waals surface area contributed by atoms with Gasteiger partial charge in [-0.05, 0) is 31.4 Å². The molecule has 1 aliphatic carbocycles. The highest BCUT2D eigenvalue weighted by Crippen LogP contribution is 2.31. The minimum Gasteiger partial charge on any atom is -0.348 e. The first-order valence-corrected chi connectivity index (χ1v) is 7.12. The second-order valence-electron chi connectivity index (χ2n) is 5.27. The van der Waals surface area contributed by atoms with E-state index in [-0.39, 0.29) is 36.6 Å². The van der Waals surface area contributed by atoms with Crippen LogP contribution in [-0.4, -0.2) is 22.2 Å². The molecule has 1 aromatic carbocycles. The number of amides is 1. The number of hydrogen-bond acceptors (Lipinski definition) is 3. The molecule has 8 heteroatoms. The first-order chi connectivity index (χ1) is 10.6. The summed E-state index contributed by atoms with van der Waals surface area (Å²) in [6.07, 6.45) is 3.98. The van der Waals surface area contributed by atoms with Crippen LogP contribution in [-0.2, 0) is 11.2 Å². The van der Waals surface area contributed by atoms with Crippen molar-refractivity contribution >= 4 is 18.3 Å². The molecule has 1 aromatic heterocycles. The number of halogens is 3. The second-order valence-corrected chi connectivity index (χ2v) is 5.27. The Bertz CT molecular complexity index is 719. The molecule has 0 bridgehead atoms. The molecule has 1 unspecified atom stereocenters. The lowest BCUT2D eigenvalue weighted by Gasteiger charge is -2.24. The molecule has 1 heterocycles. The highest BCUT2D eigenvalue weighted by Gasteiger charge is 2.26. The lowest BCUT2D eigenvalue weighted by Crippen LogP contribution is -2.35. The molecule has 0 saturated heterocycles. The zero-order valence-electron chi connectivity index (χ0n) is 12.3. The molecule has 23 heavy (non-hydrogen) atoms. The molecule has 124 valence electrons. The van der Waals surface area contributed by atoms with Crippen molar-refractivity contribution in [2.75, 3.05) is 6.54 Å². The quantitative estimate of drug-likeness (QED) is 0.896. The monoisotopic (exact) mass is 342 g/mol. The fourth-order valence-electron chi connectivity index (χ4n) is 2.82. The number of nitrogens with one attached hydrogen (secondary N) is 1. The van der Waals surface area contributed by atoms with Crippen molar-refractivity contribution in [3.63, 3.8) is 0 Å². The zero-order chi connectivity index (χ0) is 15.7. The molecule has 3 rings (SSSR count). The Hall–Kier alpha value is -1.99. The largest absolute Gasteiger partial charge is 0.348 e. The minimum absolute atomic E-state index is 0. The Labute approximate surface area is 138 Å². The van der Waals surface area contributed by atoms with Gasteiger partial charge in [0.2, 0.25) is 5.91 Å².